The molecule has 2 aromatic rings. The van der Waals surface area contributed by atoms with E-state index in [1.807, 2.05) is 18.3 Å². The fourth-order valence-electron chi connectivity index (χ4n) is 2.48. The van der Waals surface area contributed by atoms with E-state index in [1.165, 1.54) is 6.42 Å². The van der Waals surface area contributed by atoms with Crippen molar-refractivity contribution >= 4 is 22.1 Å². The summed E-state index contributed by atoms with van der Waals surface area (Å²) in [6.07, 6.45) is 11.6. The monoisotopic (exact) mass is 239 g/mol. The topological polar surface area (TPSA) is 50.9 Å². The number of nitrogens with zero attached hydrogens (tertiary/aromatic N) is 1. The van der Waals surface area contributed by atoms with Crippen LogP contribution >= 0.6 is 0 Å². The minimum Gasteiger partial charge on any atom is -0.398 e. The number of hydrogen-bond acceptors (Lipinski definition) is 3. The second-order valence-electron chi connectivity index (χ2n) is 4.75. The van der Waals surface area contributed by atoms with Gasteiger partial charge in [-0.1, -0.05) is 12.2 Å². The Labute approximate surface area is 107 Å². The first kappa shape index (κ1) is 11.1. The number of rotatable bonds is 2. The molecule has 1 aromatic carbocycles. The van der Waals surface area contributed by atoms with Crippen molar-refractivity contribution in [2.45, 2.75) is 25.3 Å². The van der Waals surface area contributed by atoms with E-state index >= 15 is 0 Å². The van der Waals surface area contributed by atoms with Crippen LogP contribution in [-0.2, 0) is 0 Å². The Balaban J connectivity index is 1.96. The van der Waals surface area contributed by atoms with Gasteiger partial charge in [0.25, 0.3) is 0 Å². The van der Waals surface area contributed by atoms with E-state index in [0.29, 0.717) is 6.04 Å². The lowest BCUT2D eigenvalue weighted by atomic mass is 10.0. The molecule has 0 saturated heterocycles. The van der Waals surface area contributed by atoms with Crippen LogP contribution < -0.4 is 11.1 Å². The number of allylic oxidation sites excluding steroid dienone is 1. The van der Waals surface area contributed by atoms with Gasteiger partial charge in [-0.15, -0.1) is 0 Å². The van der Waals surface area contributed by atoms with Gasteiger partial charge < -0.3 is 11.1 Å². The predicted octanol–water partition coefficient (Wildman–Crippen LogP) is 3.34. The van der Waals surface area contributed by atoms with E-state index in [1.54, 1.807) is 6.20 Å². The van der Waals surface area contributed by atoms with Crippen molar-refractivity contribution in [1.82, 2.24) is 4.98 Å². The van der Waals surface area contributed by atoms with Crippen molar-refractivity contribution in [3.8, 4) is 0 Å². The van der Waals surface area contributed by atoms with Crippen LogP contribution in [0, 0.1) is 0 Å². The summed E-state index contributed by atoms with van der Waals surface area (Å²) < 4.78 is 0. The van der Waals surface area contributed by atoms with Crippen LogP contribution in [0.15, 0.2) is 42.7 Å². The van der Waals surface area contributed by atoms with E-state index in [9.17, 15) is 0 Å². The highest BCUT2D eigenvalue weighted by molar-refractivity contribution is 6.00. The summed E-state index contributed by atoms with van der Waals surface area (Å²) >= 11 is 0. The molecule has 0 saturated carbocycles. The Morgan fingerprint density at radius 3 is 2.94 bits per heavy atom. The summed E-state index contributed by atoms with van der Waals surface area (Å²) in [7, 11) is 0. The van der Waals surface area contributed by atoms with Crippen molar-refractivity contribution in [2.24, 2.45) is 0 Å². The molecule has 1 heterocycles. The Bertz CT molecular complexity index is 589. The van der Waals surface area contributed by atoms with Crippen molar-refractivity contribution in [3.63, 3.8) is 0 Å². The normalized spacial score (nSPS) is 19.0. The number of pyridine rings is 1. The maximum absolute atomic E-state index is 5.99. The Kier molecular flexibility index (Phi) is 2.89. The molecule has 0 amide bonds. The van der Waals surface area contributed by atoms with Gasteiger partial charge in [-0.25, -0.2) is 0 Å². The molecule has 1 aliphatic carbocycles. The van der Waals surface area contributed by atoms with Gasteiger partial charge in [-0.2, -0.15) is 0 Å². The zero-order valence-corrected chi connectivity index (χ0v) is 10.3. The van der Waals surface area contributed by atoms with Crippen LogP contribution in [0.2, 0.25) is 0 Å². The highest BCUT2D eigenvalue weighted by Crippen LogP contribution is 2.29. The predicted molar refractivity (Wildman–Crippen MR) is 76.6 cm³/mol. The Morgan fingerprint density at radius 1 is 1.17 bits per heavy atom. The number of aromatic nitrogens is 1. The highest BCUT2D eigenvalue weighted by Gasteiger charge is 2.11. The molecule has 0 fully saturated rings. The van der Waals surface area contributed by atoms with Crippen LogP contribution in [0.4, 0.5) is 11.4 Å². The molecule has 3 heteroatoms. The minimum atomic E-state index is 0.516. The summed E-state index contributed by atoms with van der Waals surface area (Å²) in [4.78, 5) is 4.20. The molecule has 3 N–H and O–H groups in total. The zero-order valence-electron chi connectivity index (χ0n) is 10.3. The van der Waals surface area contributed by atoms with E-state index in [2.05, 4.69) is 28.5 Å². The number of benzene rings is 1. The summed E-state index contributed by atoms with van der Waals surface area (Å²) in [6.45, 7) is 0. The fraction of sp³-hybridized carbons (Fsp3) is 0.267. The smallest absolute Gasteiger partial charge is 0.0439 e. The lowest BCUT2D eigenvalue weighted by molar-refractivity contribution is 0.645. The molecule has 3 rings (SSSR count). The van der Waals surface area contributed by atoms with Gasteiger partial charge in [-0.05, 0) is 37.5 Å². The van der Waals surface area contributed by atoms with Crippen LogP contribution in [0.1, 0.15) is 19.3 Å². The Morgan fingerprint density at radius 2 is 2.11 bits per heavy atom. The summed E-state index contributed by atoms with van der Waals surface area (Å²) in [5, 5.41) is 5.78. The molecule has 92 valence electrons. The maximum Gasteiger partial charge on any atom is 0.0439 e. The van der Waals surface area contributed by atoms with Gasteiger partial charge >= 0.3 is 0 Å². The molecule has 3 nitrogen and oxygen atoms in total. The number of anilines is 2. The summed E-state index contributed by atoms with van der Waals surface area (Å²) in [5.74, 6) is 0. The third-order valence-electron chi connectivity index (χ3n) is 3.48. The largest absolute Gasteiger partial charge is 0.398 e. The second-order valence-corrected chi connectivity index (χ2v) is 4.75. The average molecular weight is 239 g/mol. The molecule has 1 unspecified atom stereocenters. The maximum atomic E-state index is 5.99. The number of nitrogen functional groups attached to an aromatic ring is 1. The minimum absolute atomic E-state index is 0.516. The quantitative estimate of drug-likeness (QED) is 0.624. The van der Waals surface area contributed by atoms with Gasteiger partial charge in [0, 0.05) is 40.6 Å². The molecule has 1 atom stereocenters. The van der Waals surface area contributed by atoms with Crippen LogP contribution in [-0.4, -0.2) is 11.0 Å². The van der Waals surface area contributed by atoms with Gasteiger partial charge in [0.2, 0.25) is 0 Å². The van der Waals surface area contributed by atoms with Crippen LogP contribution in [0.5, 0.6) is 0 Å². The van der Waals surface area contributed by atoms with Crippen molar-refractivity contribution in [2.75, 3.05) is 11.1 Å². The first-order valence-corrected chi connectivity index (χ1v) is 6.38. The van der Waals surface area contributed by atoms with Crippen molar-refractivity contribution < 1.29 is 0 Å². The van der Waals surface area contributed by atoms with E-state index < -0.39 is 0 Å². The lowest BCUT2D eigenvalue weighted by Gasteiger charge is -2.21. The van der Waals surface area contributed by atoms with E-state index in [0.717, 1.165) is 35.0 Å². The first-order valence-electron chi connectivity index (χ1n) is 6.38. The van der Waals surface area contributed by atoms with Gasteiger partial charge in [0.1, 0.15) is 0 Å². The third kappa shape index (κ3) is 2.04. The number of nitrogens with two attached hydrogens (primary N) is 1. The van der Waals surface area contributed by atoms with Gasteiger partial charge in [-0.3, -0.25) is 4.98 Å². The number of nitrogens with one attached hydrogen (secondary N) is 1. The van der Waals surface area contributed by atoms with Crippen molar-refractivity contribution in [3.05, 3.63) is 42.7 Å². The fourth-order valence-corrected chi connectivity index (χ4v) is 2.48. The van der Waals surface area contributed by atoms with Crippen molar-refractivity contribution in [1.29, 1.82) is 0 Å². The molecule has 1 aromatic heterocycles. The van der Waals surface area contributed by atoms with Gasteiger partial charge in [0.15, 0.2) is 0 Å². The molecule has 0 aliphatic heterocycles. The first-order chi connectivity index (χ1) is 8.84. The molecular formula is C15H17N3. The van der Waals surface area contributed by atoms with E-state index in [4.69, 9.17) is 5.73 Å². The van der Waals surface area contributed by atoms with Gasteiger partial charge in [0.05, 0.1) is 0 Å². The number of fused-ring (bicyclic) bond motifs is 1. The molecule has 18 heavy (non-hydrogen) atoms. The molecule has 0 radical (unpaired) electrons. The third-order valence-corrected chi connectivity index (χ3v) is 3.48. The average Bonchev–Trinajstić information content (AvgIpc) is 2.44. The Hall–Kier alpha value is -2.03. The summed E-state index contributed by atoms with van der Waals surface area (Å²) in [6, 6.07) is 6.50. The standard InChI is InChI=1S/C15H17N3/c16-14-6-7-15(13-10-17-9-8-12(13)14)18-11-4-2-1-3-5-11/h1-2,6-11,18H,3-5,16H2. The lowest BCUT2D eigenvalue weighted by Crippen LogP contribution is -2.20. The molecular weight excluding hydrogens is 222 g/mol. The highest BCUT2D eigenvalue weighted by atomic mass is 14.9. The summed E-state index contributed by atoms with van der Waals surface area (Å²) in [5.41, 5.74) is 7.93. The molecule has 0 spiro atoms. The SMILES string of the molecule is Nc1ccc(NC2CC=CCC2)c2cnccc12. The van der Waals surface area contributed by atoms with Crippen LogP contribution in [0.25, 0.3) is 10.8 Å². The second kappa shape index (κ2) is 4.69. The number of hydrogen-bond donors (Lipinski definition) is 2. The molecule has 1 aliphatic rings. The van der Waals surface area contributed by atoms with Crippen LogP contribution in [0.3, 0.4) is 0 Å². The van der Waals surface area contributed by atoms with E-state index in [-0.39, 0.29) is 0 Å². The zero-order chi connectivity index (χ0) is 12.4. The molecule has 0 bridgehead atoms.